The van der Waals surface area contributed by atoms with Gasteiger partial charge < -0.3 is 13.9 Å². The predicted molar refractivity (Wildman–Crippen MR) is 132 cm³/mol. The Morgan fingerprint density at radius 2 is 1.74 bits per heavy atom. The molecule has 0 bridgehead atoms. The first kappa shape index (κ1) is 23.7. The van der Waals surface area contributed by atoms with E-state index in [1.165, 1.54) is 20.3 Å². The molecule has 3 aromatic carbocycles. The van der Waals surface area contributed by atoms with Gasteiger partial charge in [-0.25, -0.2) is 10.2 Å². The van der Waals surface area contributed by atoms with Crippen LogP contribution in [-0.4, -0.2) is 26.0 Å². The molecule has 10 heteroatoms. The predicted octanol–water partition coefficient (Wildman–Crippen LogP) is 5.34. The molecular formula is C25H19ClN4O5. The Kier molecular flexibility index (Phi) is 7.18. The third-order valence-corrected chi connectivity index (χ3v) is 5.09. The van der Waals surface area contributed by atoms with E-state index in [0.717, 1.165) is 0 Å². The highest BCUT2D eigenvalue weighted by Crippen LogP contribution is 2.28. The Balaban J connectivity index is 1.70. The van der Waals surface area contributed by atoms with Crippen LogP contribution in [0.15, 0.2) is 97.3 Å². The van der Waals surface area contributed by atoms with Crippen LogP contribution in [0.5, 0.6) is 11.5 Å². The van der Waals surface area contributed by atoms with E-state index in [0.29, 0.717) is 38.7 Å². The maximum absolute atomic E-state index is 12.8. The van der Waals surface area contributed by atoms with Crippen LogP contribution in [-0.2, 0) is 0 Å². The average molecular weight is 491 g/mol. The summed E-state index contributed by atoms with van der Waals surface area (Å²) in [6, 6.07) is 20.0. The van der Waals surface area contributed by atoms with Crippen molar-refractivity contribution >= 4 is 40.0 Å². The largest absolute Gasteiger partial charge is 0.493 e. The number of hydrogen-bond donors (Lipinski definition) is 1. The Bertz CT molecular complexity index is 1510. The second kappa shape index (κ2) is 10.6. The van der Waals surface area contributed by atoms with Crippen molar-refractivity contribution in [2.24, 2.45) is 15.3 Å². The molecule has 1 amide bonds. The lowest BCUT2D eigenvalue weighted by atomic mass is 10.2. The van der Waals surface area contributed by atoms with Gasteiger partial charge in [0, 0.05) is 16.0 Å². The smallest absolute Gasteiger partial charge is 0.349 e. The number of carbonyl (C=O) groups is 1. The van der Waals surface area contributed by atoms with Crippen LogP contribution >= 0.6 is 11.6 Å². The molecule has 0 spiro atoms. The third kappa shape index (κ3) is 5.53. The van der Waals surface area contributed by atoms with E-state index in [1.807, 2.05) is 0 Å². The normalized spacial score (nSPS) is 11.6. The van der Waals surface area contributed by atoms with Gasteiger partial charge in [-0.05, 0) is 48.5 Å². The number of fused-ring (bicyclic) bond motifs is 1. The minimum absolute atomic E-state index is 0.0458. The van der Waals surface area contributed by atoms with Crippen molar-refractivity contribution in [1.82, 2.24) is 5.43 Å². The van der Waals surface area contributed by atoms with E-state index in [2.05, 4.69) is 20.8 Å². The number of rotatable bonds is 6. The van der Waals surface area contributed by atoms with Crippen LogP contribution in [0.4, 0.5) is 5.69 Å². The second-order valence-corrected chi connectivity index (χ2v) is 7.55. The van der Waals surface area contributed by atoms with Crippen LogP contribution in [0.25, 0.3) is 11.0 Å². The Labute approximate surface area is 204 Å². The molecule has 35 heavy (non-hydrogen) atoms. The number of para-hydroxylation sites is 1. The van der Waals surface area contributed by atoms with Crippen LogP contribution < -0.4 is 20.5 Å². The van der Waals surface area contributed by atoms with Gasteiger partial charge in [0.1, 0.15) is 11.1 Å². The topological polar surface area (TPSA) is 115 Å². The Morgan fingerprint density at radius 1 is 0.943 bits per heavy atom. The number of nitrogens with one attached hydrogen (secondary N) is 1. The Hall–Kier alpha value is -4.50. The molecule has 0 fully saturated rings. The number of azo groups is 1. The number of hydrogen-bond acceptors (Lipinski definition) is 7. The van der Waals surface area contributed by atoms with E-state index in [9.17, 15) is 9.59 Å². The van der Waals surface area contributed by atoms with E-state index < -0.39 is 11.5 Å². The highest BCUT2D eigenvalue weighted by atomic mass is 35.5. The van der Waals surface area contributed by atoms with Gasteiger partial charge in [-0.1, -0.05) is 35.9 Å². The molecule has 0 aliphatic carbocycles. The summed E-state index contributed by atoms with van der Waals surface area (Å²) in [6.07, 6.45) is 0. The van der Waals surface area contributed by atoms with Crippen molar-refractivity contribution in [1.29, 1.82) is 0 Å². The van der Waals surface area contributed by atoms with Crippen LogP contribution in [0.3, 0.4) is 0 Å². The van der Waals surface area contributed by atoms with Crippen LogP contribution in [0, 0.1) is 0 Å². The number of nitrogens with zero attached hydrogens (tertiary/aromatic N) is 3. The maximum atomic E-state index is 12.8. The zero-order chi connectivity index (χ0) is 24.8. The number of amidine groups is 1. The summed E-state index contributed by atoms with van der Waals surface area (Å²) in [5.41, 5.74) is 2.69. The minimum Gasteiger partial charge on any atom is -0.493 e. The number of amides is 1. The molecule has 1 heterocycles. The summed E-state index contributed by atoms with van der Waals surface area (Å²) in [7, 11) is 3.01. The summed E-state index contributed by atoms with van der Waals surface area (Å²) in [5, 5.41) is 13.5. The zero-order valence-corrected chi connectivity index (χ0v) is 19.4. The van der Waals surface area contributed by atoms with Gasteiger partial charge in [0.2, 0.25) is 5.84 Å². The zero-order valence-electron chi connectivity index (χ0n) is 18.7. The SMILES string of the molecule is COc1ccc(/C(N=Nc2cccc(Cl)c2)=N/NC(=O)c2cc3ccccc3oc2=O)cc1OC. The number of methoxy groups -OCH3 is 2. The van der Waals surface area contributed by atoms with Crippen molar-refractivity contribution < 1.29 is 18.7 Å². The van der Waals surface area contributed by atoms with Crippen LogP contribution in [0.1, 0.15) is 15.9 Å². The molecule has 0 saturated carbocycles. The average Bonchev–Trinajstić information content (AvgIpc) is 2.87. The summed E-state index contributed by atoms with van der Waals surface area (Å²) < 4.78 is 15.8. The van der Waals surface area contributed by atoms with E-state index in [1.54, 1.807) is 66.7 Å². The van der Waals surface area contributed by atoms with Gasteiger partial charge in [-0.15, -0.1) is 15.3 Å². The van der Waals surface area contributed by atoms with Crippen molar-refractivity contribution in [2.45, 2.75) is 0 Å². The molecule has 0 aliphatic rings. The summed E-state index contributed by atoms with van der Waals surface area (Å²) in [6.45, 7) is 0. The monoisotopic (exact) mass is 490 g/mol. The molecule has 176 valence electrons. The van der Waals surface area contributed by atoms with Crippen LogP contribution in [0.2, 0.25) is 5.02 Å². The first-order chi connectivity index (χ1) is 17.0. The molecule has 1 N–H and O–H groups in total. The molecule has 4 aromatic rings. The summed E-state index contributed by atoms with van der Waals surface area (Å²) in [5.74, 6) is 0.210. The first-order valence-corrected chi connectivity index (χ1v) is 10.7. The van der Waals surface area contributed by atoms with Crippen molar-refractivity contribution in [3.63, 3.8) is 0 Å². The van der Waals surface area contributed by atoms with E-state index >= 15 is 0 Å². The van der Waals surface area contributed by atoms with Gasteiger partial charge >= 0.3 is 5.63 Å². The third-order valence-electron chi connectivity index (χ3n) is 4.86. The molecule has 1 aromatic heterocycles. The molecule has 0 atom stereocenters. The Morgan fingerprint density at radius 3 is 2.51 bits per heavy atom. The molecular weight excluding hydrogens is 472 g/mol. The lowest BCUT2D eigenvalue weighted by Gasteiger charge is -2.09. The van der Waals surface area contributed by atoms with Crippen molar-refractivity contribution in [3.8, 4) is 11.5 Å². The molecule has 0 radical (unpaired) electrons. The quantitative estimate of drug-likeness (QED) is 0.129. The lowest BCUT2D eigenvalue weighted by Crippen LogP contribution is -2.25. The fourth-order valence-electron chi connectivity index (χ4n) is 3.15. The van der Waals surface area contributed by atoms with Crippen molar-refractivity contribution in [2.75, 3.05) is 14.2 Å². The second-order valence-electron chi connectivity index (χ2n) is 7.11. The molecule has 9 nitrogen and oxygen atoms in total. The number of ether oxygens (including phenoxy) is 2. The number of halogens is 1. The molecule has 4 rings (SSSR count). The van der Waals surface area contributed by atoms with Gasteiger partial charge in [-0.2, -0.15) is 0 Å². The van der Waals surface area contributed by atoms with Crippen molar-refractivity contribution in [3.05, 3.63) is 99.4 Å². The van der Waals surface area contributed by atoms with Gasteiger partial charge in [-0.3, -0.25) is 4.79 Å². The van der Waals surface area contributed by atoms with Gasteiger partial charge in [0.05, 0.1) is 19.9 Å². The highest BCUT2D eigenvalue weighted by Gasteiger charge is 2.15. The number of carbonyl (C=O) groups excluding carboxylic acids is 1. The first-order valence-electron chi connectivity index (χ1n) is 10.3. The minimum atomic E-state index is -0.787. The molecule has 0 saturated heterocycles. The number of hydrazone groups is 1. The fourth-order valence-corrected chi connectivity index (χ4v) is 3.33. The van der Waals surface area contributed by atoms with E-state index in [4.69, 9.17) is 25.5 Å². The fraction of sp³-hybridized carbons (Fsp3) is 0.0800. The maximum Gasteiger partial charge on any atom is 0.349 e. The standard InChI is InChI=1S/C25H19ClN4O5/c1-33-21-11-10-16(13-22(21)34-2)23(28-27-18-8-5-7-17(26)14-18)29-30-24(31)19-12-15-6-3-4-9-20(15)35-25(19)32/h3-14H,1-2H3,(H,30,31)/b28-27?,29-23-. The summed E-state index contributed by atoms with van der Waals surface area (Å²) in [4.78, 5) is 25.1. The molecule has 0 aliphatic heterocycles. The van der Waals surface area contributed by atoms with Gasteiger partial charge in [0.15, 0.2) is 11.5 Å². The van der Waals surface area contributed by atoms with E-state index in [-0.39, 0.29) is 11.4 Å². The van der Waals surface area contributed by atoms with Gasteiger partial charge in [0.25, 0.3) is 5.91 Å². The highest BCUT2D eigenvalue weighted by molar-refractivity contribution is 6.30. The molecule has 0 unspecified atom stereocenters. The summed E-state index contributed by atoms with van der Waals surface area (Å²) >= 11 is 6.02. The number of benzene rings is 3. The lowest BCUT2D eigenvalue weighted by molar-refractivity contribution is 0.0951.